The average molecular weight is 235 g/mol. The van der Waals surface area contributed by atoms with Gasteiger partial charge in [-0.3, -0.25) is 4.79 Å². The number of carbonyl (C=O) groups excluding carboxylic acids is 2. The lowest BCUT2D eigenvalue weighted by atomic mass is 10.4. The van der Waals surface area contributed by atoms with E-state index in [9.17, 15) is 22.8 Å². The Balaban J connectivity index is 2.52. The van der Waals surface area contributed by atoms with E-state index >= 15 is 0 Å². The molecular weight excluding hydrogens is 231 g/mol. The van der Waals surface area contributed by atoms with Crippen molar-refractivity contribution in [3.63, 3.8) is 0 Å². The van der Waals surface area contributed by atoms with Gasteiger partial charge < -0.3 is 4.84 Å². The van der Waals surface area contributed by atoms with E-state index in [0.717, 1.165) is 12.4 Å². The van der Waals surface area contributed by atoms with E-state index < -0.39 is 18.1 Å². The van der Waals surface area contributed by atoms with Gasteiger partial charge in [0.05, 0.1) is 0 Å². The maximum absolute atomic E-state index is 11.7. The molecule has 1 aromatic heterocycles. The molecule has 16 heavy (non-hydrogen) atoms. The molecule has 86 valence electrons. The van der Waals surface area contributed by atoms with Crippen LogP contribution in [0.25, 0.3) is 0 Å². The Labute approximate surface area is 86.4 Å². The maximum Gasteiger partial charge on any atom is 0.493 e. The second kappa shape index (κ2) is 4.55. The fourth-order valence-corrected chi connectivity index (χ4v) is 0.628. The predicted octanol–water partition coefficient (Wildman–Crippen LogP) is 0.227. The molecular formula is C7H4F3N3O3. The molecule has 9 heteroatoms. The van der Waals surface area contributed by atoms with Crippen LogP contribution in [0.2, 0.25) is 0 Å². The molecule has 0 aliphatic rings. The number of alkyl halides is 3. The zero-order valence-corrected chi connectivity index (χ0v) is 7.49. The van der Waals surface area contributed by atoms with Crippen LogP contribution in [0.15, 0.2) is 18.6 Å². The molecule has 6 nitrogen and oxygen atoms in total. The number of hydroxylamine groups is 1. The SMILES string of the molecule is O=C(NOC(=O)C(F)(F)F)c1ccncn1. The highest BCUT2D eigenvalue weighted by Crippen LogP contribution is 2.15. The van der Waals surface area contributed by atoms with Crippen LogP contribution >= 0.6 is 0 Å². The summed E-state index contributed by atoms with van der Waals surface area (Å²) >= 11 is 0. The van der Waals surface area contributed by atoms with Gasteiger partial charge in [0.2, 0.25) is 0 Å². The van der Waals surface area contributed by atoms with E-state index in [2.05, 4.69) is 14.8 Å². The van der Waals surface area contributed by atoms with Gasteiger partial charge >= 0.3 is 18.1 Å². The fraction of sp³-hybridized carbons (Fsp3) is 0.143. The lowest BCUT2D eigenvalue weighted by Gasteiger charge is -2.06. The number of amides is 1. The highest BCUT2D eigenvalue weighted by molar-refractivity contribution is 5.92. The maximum atomic E-state index is 11.7. The molecule has 0 saturated carbocycles. The van der Waals surface area contributed by atoms with Crippen LogP contribution in [0.4, 0.5) is 13.2 Å². The largest absolute Gasteiger partial charge is 0.493 e. The molecule has 0 saturated heterocycles. The predicted molar refractivity (Wildman–Crippen MR) is 41.6 cm³/mol. The summed E-state index contributed by atoms with van der Waals surface area (Å²) in [5.74, 6) is -3.60. The van der Waals surface area contributed by atoms with Crippen LogP contribution in [-0.2, 0) is 9.63 Å². The van der Waals surface area contributed by atoms with Crippen molar-refractivity contribution < 1.29 is 27.6 Å². The van der Waals surface area contributed by atoms with Gasteiger partial charge in [-0.05, 0) is 6.07 Å². The third-order valence-electron chi connectivity index (χ3n) is 1.28. The van der Waals surface area contributed by atoms with Crippen LogP contribution in [0.1, 0.15) is 10.5 Å². The topological polar surface area (TPSA) is 81.2 Å². The first-order valence-electron chi connectivity index (χ1n) is 3.75. The van der Waals surface area contributed by atoms with Crippen LogP contribution in [-0.4, -0.2) is 28.0 Å². The summed E-state index contributed by atoms with van der Waals surface area (Å²) in [6.45, 7) is 0. The van der Waals surface area contributed by atoms with Crippen molar-refractivity contribution in [1.29, 1.82) is 0 Å². The number of rotatable bonds is 1. The Morgan fingerprint density at radius 2 is 2.06 bits per heavy atom. The summed E-state index contributed by atoms with van der Waals surface area (Å²) in [7, 11) is 0. The summed E-state index contributed by atoms with van der Waals surface area (Å²) in [4.78, 5) is 31.6. The fourth-order valence-electron chi connectivity index (χ4n) is 0.628. The number of hydrogen-bond acceptors (Lipinski definition) is 5. The van der Waals surface area contributed by atoms with Gasteiger partial charge in [0.25, 0.3) is 0 Å². The van der Waals surface area contributed by atoms with E-state index in [4.69, 9.17) is 0 Å². The second-order valence-corrected chi connectivity index (χ2v) is 2.41. The van der Waals surface area contributed by atoms with Gasteiger partial charge in [-0.2, -0.15) is 18.7 Å². The number of hydrogen-bond donors (Lipinski definition) is 1. The van der Waals surface area contributed by atoms with Crippen molar-refractivity contribution in [2.75, 3.05) is 0 Å². The molecule has 0 unspecified atom stereocenters. The van der Waals surface area contributed by atoms with E-state index in [1.54, 1.807) is 0 Å². The summed E-state index contributed by atoms with van der Waals surface area (Å²) in [6, 6.07) is 1.14. The zero-order valence-electron chi connectivity index (χ0n) is 7.49. The number of nitrogens with one attached hydrogen (secondary N) is 1. The van der Waals surface area contributed by atoms with E-state index in [1.165, 1.54) is 11.7 Å². The minimum atomic E-state index is -5.17. The standard InChI is InChI=1S/C7H4F3N3O3/c8-7(9,10)6(15)16-13-5(14)4-1-2-11-3-12-4/h1-3H,(H,13,14). The van der Waals surface area contributed by atoms with E-state index in [-0.39, 0.29) is 5.69 Å². The number of aromatic nitrogens is 2. The third-order valence-corrected chi connectivity index (χ3v) is 1.28. The van der Waals surface area contributed by atoms with Gasteiger partial charge in [0.1, 0.15) is 12.0 Å². The molecule has 0 aliphatic heterocycles. The lowest BCUT2D eigenvalue weighted by Crippen LogP contribution is -2.34. The monoisotopic (exact) mass is 235 g/mol. The molecule has 0 bridgehead atoms. The Kier molecular flexibility index (Phi) is 3.38. The van der Waals surface area contributed by atoms with Gasteiger partial charge in [0, 0.05) is 6.20 Å². The van der Waals surface area contributed by atoms with Gasteiger partial charge in [0.15, 0.2) is 0 Å². The summed E-state index contributed by atoms with van der Waals surface area (Å²) in [5, 5.41) is 0. The van der Waals surface area contributed by atoms with Crippen molar-refractivity contribution in [2.45, 2.75) is 6.18 Å². The molecule has 1 rings (SSSR count). The third kappa shape index (κ3) is 3.19. The Hall–Kier alpha value is -2.19. The van der Waals surface area contributed by atoms with Gasteiger partial charge in [-0.25, -0.2) is 14.8 Å². The molecule has 1 amide bonds. The van der Waals surface area contributed by atoms with Crippen molar-refractivity contribution in [3.05, 3.63) is 24.3 Å². The first-order valence-corrected chi connectivity index (χ1v) is 3.75. The Morgan fingerprint density at radius 3 is 2.56 bits per heavy atom. The minimum absolute atomic E-state index is 0.232. The Morgan fingerprint density at radius 1 is 1.38 bits per heavy atom. The number of nitrogens with zero attached hydrogens (tertiary/aromatic N) is 2. The summed E-state index contributed by atoms with van der Waals surface area (Å²) in [6.07, 6.45) is -2.95. The highest BCUT2D eigenvalue weighted by atomic mass is 19.4. The first-order chi connectivity index (χ1) is 7.41. The quantitative estimate of drug-likeness (QED) is 0.704. The summed E-state index contributed by atoms with van der Waals surface area (Å²) < 4.78 is 35.0. The van der Waals surface area contributed by atoms with Crippen molar-refractivity contribution in [3.8, 4) is 0 Å². The van der Waals surface area contributed by atoms with Crippen LogP contribution in [0.3, 0.4) is 0 Å². The molecule has 0 spiro atoms. The van der Waals surface area contributed by atoms with Crippen LogP contribution < -0.4 is 5.48 Å². The second-order valence-electron chi connectivity index (χ2n) is 2.41. The Bertz CT molecular complexity index is 393. The molecule has 0 radical (unpaired) electrons. The average Bonchev–Trinajstić information content (AvgIpc) is 2.25. The molecule has 1 aromatic rings. The van der Waals surface area contributed by atoms with Crippen molar-refractivity contribution in [1.82, 2.24) is 15.4 Å². The van der Waals surface area contributed by atoms with Crippen molar-refractivity contribution in [2.24, 2.45) is 0 Å². The molecule has 0 aliphatic carbocycles. The van der Waals surface area contributed by atoms with E-state index in [1.807, 2.05) is 0 Å². The van der Waals surface area contributed by atoms with Gasteiger partial charge in [-0.15, -0.1) is 0 Å². The van der Waals surface area contributed by atoms with Gasteiger partial charge in [-0.1, -0.05) is 0 Å². The molecule has 1 N–H and O–H groups in total. The lowest BCUT2D eigenvalue weighted by molar-refractivity contribution is -0.204. The smallest absolute Gasteiger partial charge is 0.332 e. The summed E-state index contributed by atoms with van der Waals surface area (Å²) in [5.41, 5.74) is 1.07. The highest BCUT2D eigenvalue weighted by Gasteiger charge is 2.42. The number of halogens is 3. The van der Waals surface area contributed by atoms with Crippen molar-refractivity contribution >= 4 is 11.9 Å². The minimum Gasteiger partial charge on any atom is -0.332 e. The van der Waals surface area contributed by atoms with E-state index in [0.29, 0.717) is 0 Å². The van der Waals surface area contributed by atoms with Crippen LogP contribution in [0, 0.1) is 0 Å². The zero-order chi connectivity index (χ0) is 12.2. The molecule has 1 heterocycles. The normalized spacial score (nSPS) is 10.7. The molecule has 0 aromatic carbocycles. The molecule has 0 atom stereocenters. The molecule has 0 fully saturated rings. The van der Waals surface area contributed by atoms with Crippen LogP contribution in [0.5, 0.6) is 0 Å². The number of carbonyl (C=O) groups is 2. The first kappa shape index (κ1) is 11.9.